The molecule has 0 aliphatic heterocycles. The lowest BCUT2D eigenvalue weighted by molar-refractivity contribution is 0.143. The molecular formula is C15H24FNO. The van der Waals surface area contributed by atoms with Gasteiger partial charge in [-0.15, -0.1) is 0 Å². The van der Waals surface area contributed by atoms with E-state index < -0.39 is 0 Å². The maximum absolute atomic E-state index is 13.4. The first kappa shape index (κ1) is 15.1. The Hall–Kier alpha value is -0.930. The van der Waals surface area contributed by atoms with E-state index >= 15 is 0 Å². The lowest BCUT2D eigenvalue weighted by Crippen LogP contribution is -2.30. The smallest absolute Gasteiger partial charge is 0.126 e. The zero-order valence-corrected chi connectivity index (χ0v) is 11.7. The van der Waals surface area contributed by atoms with E-state index in [2.05, 4.69) is 19.2 Å². The van der Waals surface area contributed by atoms with Crippen LogP contribution < -0.4 is 5.32 Å². The van der Waals surface area contributed by atoms with Crippen LogP contribution >= 0.6 is 0 Å². The molecule has 0 spiro atoms. The fraction of sp³-hybridized carbons (Fsp3) is 0.600. The van der Waals surface area contributed by atoms with Crippen molar-refractivity contribution in [2.75, 3.05) is 6.54 Å². The second-order valence-electron chi connectivity index (χ2n) is 5.42. The third kappa shape index (κ3) is 4.75. The van der Waals surface area contributed by atoms with Crippen molar-refractivity contribution < 1.29 is 9.50 Å². The molecule has 1 rings (SSSR count). The van der Waals surface area contributed by atoms with Gasteiger partial charge in [0.05, 0.1) is 6.10 Å². The highest BCUT2D eigenvalue weighted by atomic mass is 19.1. The Morgan fingerprint density at radius 3 is 2.50 bits per heavy atom. The highest BCUT2D eigenvalue weighted by Crippen LogP contribution is 2.16. The van der Waals surface area contributed by atoms with E-state index in [0.29, 0.717) is 18.0 Å². The van der Waals surface area contributed by atoms with Crippen LogP contribution in [0.2, 0.25) is 0 Å². The van der Waals surface area contributed by atoms with Crippen LogP contribution in [0.3, 0.4) is 0 Å². The summed E-state index contributed by atoms with van der Waals surface area (Å²) in [6.45, 7) is 8.44. The maximum atomic E-state index is 13.4. The number of aliphatic hydroxyl groups is 1. The Bertz CT molecular complexity index is 379. The summed E-state index contributed by atoms with van der Waals surface area (Å²) in [5.41, 5.74) is 1.57. The van der Waals surface area contributed by atoms with Crippen molar-refractivity contribution in [3.8, 4) is 0 Å². The standard InChI is InChI=1S/C15H24FNO/c1-10(2)7-14(18)9-17-12(4)13-6-5-11(3)15(16)8-13/h5-6,8,10,12,14,17-18H,7,9H2,1-4H3. The first-order valence-electron chi connectivity index (χ1n) is 6.57. The Morgan fingerprint density at radius 2 is 1.94 bits per heavy atom. The molecule has 0 aliphatic carbocycles. The van der Waals surface area contributed by atoms with Crippen molar-refractivity contribution in [3.05, 3.63) is 35.1 Å². The van der Waals surface area contributed by atoms with Gasteiger partial charge in [-0.2, -0.15) is 0 Å². The number of aryl methyl sites for hydroxylation is 1. The molecule has 0 amide bonds. The molecular weight excluding hydrogens is 229 g/mol. The average Bonchev–Trinajstić information content (AvgIpc) is 2.28. The lowest BCUT2D eigenvalue weighted by atomic mass is 10.0. The van der Waals surface area contributed by atoms with E-state index in [4.69, 9.17) is 0 Å². The van der Waals surface area contributed by atoms with Gasteiger partial charge in [-0.25, -0.2) is 4.39 Å². The molecule has 2 N–H and O–H groups in total. The molecule has 0 aliphatic rings. The topological polar surface area (TPSA) is 32.3 Å². The molecule has 0 heterocycles. The summed E-state index contributed by atoms with van der Waals surface area (Å²) in [6.07, 6.45) is 0.435. The molecule has 2 atom stereocenters. The van der Waals surface area contributed by atoms with Crippen LogP contribution in [-0.2, 0) is 0 Å². The van der Waals surface area contributed by atoms with Gasteiger partial charge < -0.3 is 10.4 Å². The molecule has 0 radical (unpaired) electrons. The minimum Gasteiger partial charge on any atom is -0.392 e. The normalized spacial score (nSPS) is 14.8. The quantitative estimate of drug-likeness (QED) is 0.816. The summed E-state index contributed by atoms with van der Waals surface area (Å²) >= 11 is 0. The van der Waals surface area contributed by atoms with E-state index in [1.165, 1.54) is 0 Å². The minimum atomic E-state index is -0.345. The zero-order chi connectivity index (χ0) is 13.7. The number of benzene rings is 1. The van der Waals surface area contributed by atoms with Gasteiger partial charge in [0, 0.05) is 12.6 Å². The molecule has 0 saturated carbocycles. The van der Waals surface area contributed by atoms with E-state index in [0.717, 1.165) is 12.0 Å². The molecule has 0 aromatic heterocycles. The second kappa shape index (κ2) is 6.86. The third-order valence-electron chi connectivity index (χ3n) is 3.10. The van der Waals surface area contributed by atoms with Crippen molar-refractivity contribution in [3.63, 3.8) is 0 Å². The van der Waals surface area contributed by atoms with Gasteiger partial charge in [-0.3, -0.25) is 0 Å². The largest absolute Gasteiger partial charge is 0.392 e. The van der Waals surface area contributed by atoms with Gasteiger partial charge in [0.2, 0.25) is 0 Å². The van der Waals surface area contributed by atoms with E-state index in [-0.39, 0.29) is 18.0 Å². The second-order valence-corrected chi connectivity index (χ2v) is 5.42. The van der Waals surface area contributed by atoms with Crippen LogP contribution in [0.4, 0.5) is 4.39 Å². The number of halogens is 1. The highest BCUT2D eigenvalue weighted by Gasteiger charge is 2.11. The first-order chi connectivity index (χ1) is 8.40. The van der Waals surface area contributed by atoms with Gasteiger partial charge in [0.1, 0.15) is 5.82 Å². The SMILES string of the molecule is Cc1ccc(C(C)NCC(O)CC(C)C)cc1F. The van der Waals surface area contributed by atoms with Gasteiger partial charge in [-0.1, -0.05) is 26.0 Å². The van der Waals surface area contributed by atoms with Gasteiger partial charge in [0.15, 0.2) is 0 Å². The fourth-order valence-corrected chi connectivity index (χ4v) is 1.94. The highest BCUT2D eigenvalue weighted by molar-refractivity contribution is 5.25. The van der Waals surface area contributed by atoms with Gasteiger partial charge in [-0.05, 0) is 43.4 Å². The summed E-state index contributed by atoms with van der Waals surface area (Å²) in [5.74, 6) is 0.304. The Morgan fingerprint density at radius 1 is 1.28 bits per heavy atom. The van der Waals surface area contributed by atoms with E-state index in [9.17, 15) is 9.50 Å². The molecule has 0 bridgehead atoms. The molecule has 2 unspecified atom stereocenters. The van der Waals surface area contributed by atoms with Crippen molar-refractivity contribution in [1.29, 1.82) is 0 Å². The summed E-state index contributed by atoms with van der Waals surface area (Å²) in [7, 11) is 0. The zero-order valence-electron chi connectivity index (χ0n) is 11.7. The number of aliphatic hydroxyl groups excluding tert-OH is 1. The molecule has 2 nitrogen and oxygen atoms in total. The number of nitrogens with one attached hydrogen (secondary N) is 1. The predicted octanol–water partition coefficient (Wildman–Crippen LogP) is 3.19. The third-order valence-corrected chi connectivity index (χ3v) is 3.10. The molecule has 1 aromatic carbocycles. The Balaban J connectivity index is 2.49. The summed E-state index contributed by atoms with van der Waals surface area (Å²) in [5, 5.41) is 13.0. The van der Waals surface area contributed by atoms with Crippen LogP contribution in [0.25, 0.3) is 0 Å². The predicted molar refractivity (Wildman–Crippen MR) is 73.0 cm³/mol. The van der Waals surface area contributed by atoms with Crippen molar-refractivity contribution in [1.82, 2.24) is 5.32 Å². The van der Waals surface area contributed by atoms with Crippen LogP contribution in [0.15, 0.2) is 18.2 Å². The number of rotatable bonds is 6. The summed E-state index contributed by atoms with van der Waals surface area (Å²) in [6, 6.07) is 5.31. The first-order valence-corrected chi connectivity index (χ1v) is 6.57. The molecule has 3 heteroatoms. The molecule has 0 saturated heterocycles. The maximum Gasteiger partial charge on any atom is 0.126 e. The monoisotopic (exact) mass is 253 g/mol. The van der Waals surface area contributed by atoms with Crippen LogP contribution in [-0.4, -0.2) is 17.8 Å². The van der Waals surface area contributed by atoms with Crippen LogP contribution in [0.1, 0.15) is 44.4 Å². The lowest BCUT2D eigenvalue weighted by Gasteiger charge is -2.19. The summed E-state index contributed by atoms with van der Waals surface area (Å²) < 4.78 is 13.4. The van der Waals surface area contributed by atoms with Crippen molar-refractivity contribution >= 4 is 0 Å². The molecule has 0 fully saturated rings. The molecule has 1 aromatic rings. The van der Waals surface area contributed by atoms with Gasteiger partial charge >= 0.3 is 0 Å². The summed E-state index contributed by atoms with van der Waals surface area (Å²) in [4.78, 5) is 0. The van der Waals surface area contributed by atoms with Crippen LogP contribution in [0, 0.1) is 18.7 Å². The van der Waals surface area contributed by atoms with Crippen LogP contribution in [0.5, 0.6) is 0 Å². The minimum absolute atomic E-state index is 0.0434. The van der Waals surface area contributed by atoms with E-state index in [1.807, 2.05) is 13.0 Å². The van der Waals surface area contributed by atoms with Gasteiger partial charge in [0.25, 0.3) is 0 Å². The van der Waals surface area contributed by atoms with Crippen molar-refractivity contribution in [2.45, 2.75) is 46.3 Å². The fourth-order valence-electron chi connectivity index (χ4n) is 1.94. The molecule has 102 valence electrons. The number of hydrogen-bond acceptors (Lipinski definition) is 2. The Kier molecular flexibility index (Phi) is 5.76. The van der Waals surface area contributed by atoms with Crippen molar-refractivity contribution in [2.24, 2.45) is 5.92 Å². The van der Waals surface area contributed by atoms with E-state index in [1.54, 1.807) is 19.1 Å². The Labute approximate surface area is 109 Å². The average molecular weight is 253 g/mol. The number of hydrogen-bond donors (Lipinski definition) is 2. The molecule has 18 heavy (non-hydrogen) atoms.